The number of methoxy groups -OCH3 is 1. The van der Waals surface area contributed by atoms with Crippen LogP contribution in [-0.4, -0.2) is 25.6 Å². The van der Waals surface area contributed by atoms with Gasteiger partial charge in [-0.3, -0.25) is 0 Å². The van der Waals surface area contributed by atoms with E-state index < -0.39 is 0 Å². The molecule has 0 aliphatic carbocycles. The molecule has 0 aliphatic rings. The van der Waals surface area contributed by atoms with Gasteiger partial charge in [-0.05, 0) is 12.5 Å². The smallest absolute Gasteiger partial charge is 0.113 e. The predicted octanol–water partition coefficient (Wildman–Crippen LogP) is 2.39. The first-order valence-corrected chi connectivity index (χ1v) is 4.32. The van der Waals surface area contributed by atoms with Crippen LogP contribution in [0.1, 0.15) is 19.8 Å². The molecule has 70 valence electrons. The van der Waals surface area contributed by atoms with Gasteiger partial charge < -0.3 is 9.64 Å². The second kappa shape index (κ2) is 6.77. The highest BCUT2D eigenvalue weighted by Gasteiger charge is 1.89. The van der Waals surface area contributed by atoms with E-state index in [1.54, 1.807) is 7.11 Å². The quantitative estimate of drug-likeness (QED) is 0.447. The molecule has 0 saturated carbocycles. The average molecular weight is 169 g/mol. The molecule has 0 radical (unpaired) electrons. The zero-order valence-electron chi connectivity index (χ0n) is 8.34. The van der Waals surface area contributed by atoms with Crippen LogP contribution in [0.2, 0.25) is 0 Å². The van der Waals surface area contributed by atoms with Crippen molar-refractivity contribution in [2.75, 3.05) is 20.7 Å². The van der Waals surface area contributed by atoms with Gasteiger partial charge in [-0.1, -0.05) is 19.9 Å². The molecule has 0 aromatic heterocycles. The molecule has 0 aromatic carbocycles. The van der Waals surface area contributed by atoms with Gasteiger partial charge in [-0.15, -0.1) is 0 Å². The minimum atomic E-state index is 0.693. The Kier molecular flexibility index (Phi) is 6.25. The molecule has 0 rings (SSSR count). The highest BCUT2D eigenvalue weighted by atomic mass is 16.5. The summed E-state index contributed by atoms with van der Waals surface area (Å²) in [5.74, 6) is 0.693. The fourth-order valence-electron chi connectivity index (χ4n) is 0.760. The number of unbranched alkanes of at least 4 members (excludes halogenated alkanes) is 1. The lowest BCUT2D eigenvalue weighted by Gasteiger charge is -2.12. The van der Waals surface area contributed by atoms with E-state index in [0.717, 1.165) is 6.54 Å². The van der Waals surface area contributed by atoms with Crippen molar-refractivity contribution in [3.63, 3.8) is 0 Å². The van der Waals surface area contributed by atoms with Gasteiger partial charge >= 0.3 is 0 Å². The normalized spacial score (nSPS) is 10.2. The third-order valence-electron chi connectivity index (χ3n) is 1.64. The van der Waals surface area contributed by atoms with Crippen LogP contribution in [0.5, 0.6) is 0 Å². The second-order valence-corrected chi connectivity index (χ2v) is 2.82. The third kappa shape index (κ3) is 5.83. The fourth-order valence-corrected chi connectivity index (χ4v) is 0.760. The monoisotopic (exact) mass is 169 g/mol. The van der Waals surface area contributed by atoms with Crippen molar-refractivity contribution in [1.82, 2.24) is 4.90 Å². The molecule has 0 atom stereocenters. The molecule has 0 unspecified atom stereocenters. The number of hydrogen-bond acceptors (Lipinski definition) is 2. The maximum Gasteiger partial charge on any atom is 0.113 e. The summed E-state index contributed by atoms with van der Waals surface area (Å²) in [6.07, 6.45) is 6.31. The van der Waals surface area contributed by atoms with Crippen molar-refractivity contribution >= 4 is 0 Å². The summed E-state index contributed by atoms with van der Waals surface area (Å²) in [4.78, 5) is 2.13. The molecule has 2 heteroatoms. The van der Waals surface area contributed by atoms with Crippen LogP contribution >= 0.6 is 0 Å². The van der Waals surface area contributed by atoms with E-state index in [4.69, 9.17) is 4.74 Å². The highest BCUT2D eigenvalue weighted by Crippen LogP contribution is 1.96. The molecule has 0 aromatic rings. The summed E-state index contributed by atoms with van der Waals surface area (Å²) in [6.45, 7) is 6.96. The van der Waals surface area contributed by atoms with Gasteiger partial charge in [-0.2, -0.15) is 0 Å². The Bertz CT molecular complexity index is 152. The summed E-state index contributed by atoms with van der Waals surface area (Å²) in [7, 11) is 3.67. The molecule has 0 aliphatic heterocycles. The summed E-state index contributed by atoms with van der Waals surface area (Å²) < 4.78 is 4.90. The highest BCUT2D eigenvalue weighted by molar-refractivity contribution is 5.05. The number of rotatable bonds is 6. The molecule has 0 saturated heterocycles. The molecule has 0 heterocycles. The molecule has 0 amide bonds. The number of nitrogens with zero attached hydrogens (tertiary/aromatic N) is 1. The summed E-state index contributed by atoms with van der Waals surface area (Å²) in [5, 5.41) is 0. The number of hydrogen-bond donors (Lipinski definition) is 0. The molecule has 0 fully saturated rings. The van der Waals surface area contributed by atoms with Crippen LogP contribution in [0.3, 0.4) is 0 Å². The average Bonchev–Trinajstić information content (AvgIpc) is 2.10. The van der Waals surface area contributed by atoms with E-state index in [1.807, 2.05) is 12.3 Å². The minimum absolute atomic E-state index is 0.693. The number of allylic oxidation sites excluding steroid dienone is 1. The van der Waals surface area contributed by atoms with Crippen molar-refractivity contribution in [3.8, 4) is 0 Å². The molecular formula is C10H19NO. The summed E-state index contributed by atoms with van der Waals surface area (Å²) >= 11 is 0. The first-order chi connectivity index (χ1) is 5.70. The predicted molar refractivity (Wildman–Crippen MR) is 52.8 cm³/mol. The Morgan fingerprint density at radius 2 is 2.25 bits per heavy atom. The Morgan fingerprint density at radius 3 is 2.75 bits per heavy atom. The van der Waals surface area contributed by atoms with Crippen molar-refractivity contribution < 1.29 is 4.74 Å². The molecule has 2 nitrogen and oxygen atoms in total. The topological polar surface area (TPSA) is 12.5 Å². The molecular weight excluding hydrogens is 150 g/mol. The van der Waals surface area contributed by atoms with E-state index >= 15 is 0 Å². The summed E-state index contributed by atoms with van der Waals surface area (Å²) in [6, 6.07) is 0. The molecule has 0 N–H and O–H groups in total. The van der Waals surface area contributed by atoms with Crippen LogP contribution < -0.4 is 0 Å². The van der Waals surface area contributed by atoms with E-state index in [0.29, 0.717) is 5.76 Å². The minimum Gasteiger partial charge on any atom is -0.497 e. The van der Waals surface area contributed by atoms with E-state index in [-0.39, 0.29) is 0 Å². The van der Waals surface area contributed by atoms with Crippen LogP contribution in [0.4, 0.5) is 0 Å². The van der Waals surface area contributed by atoms with Crippen LogP contribution in [0.25, 0.3) is 0 Å². The third-order valence-corrected chi connectivity index (χ3v) is 1.64. The van der Waals surface area contributed by atoms with Gasteiger partial charge in [-0.25, -0.2) is 0 Å². The molecule has 0 spiro atoms. The largest absolute Gasteiger partial charge is 0.497 e. The maximum absolute atomic E-state index is 4.90. The van der Waals surface area contributed by atoms with Gasteiger partial charge in [0, 0.05) is 19.8 Å². The Labute approximate surface area is 75.5 Å². The zero-order valence-corrected chi connectivity index (χ0v) is 8.34. The Morgan fingerprint density at radius 1 is 1.58 bits per heavy atom. The second-order valence-electron chi connectivity index (χ2n) is 2.82. The SMILES string of the molecule is C=C(/C=C\N(C)CCCC)OC. The van der Waals surface area contributed by atoms with Crippen LogP contribution in [-0.2, 0) is 4.74 Å². The first-order valence-electron chi connectivity index (χ1n) is 4.32. The fraction of sp³-hybridized carbons (Fsp3) is 0.600. The zero-order chi connectivity index (χ0) is 9.40. The van der Waals surface area contributed by atoms with Gasteiger partial charge in [0.2, 0.25) is 0 Å². The van der Waals surface area contributed by atoms with E-state index in [1.165, 1.54) is 12.8 Å². The molecule has 12 heavy (non-hydrogen) atoms. The van der Waals surface area contributed by atoms with Crippen LogP contribution in [0.15, 0.2) is 24.6 Å². The lowest BCUT2D eigenvalue weighted by molar-refractivity contribution is 0.307. The lowest BCUT2D eigenvalue weighted by atomic mass is 10.3. The number of ether oxygens (including phenoxy) is 1. The van der Waals surface area contributed by atoms with Crippen molar-refractivity contribution in [2.24, 2.45) is 0 Å². The Balaban J connectivity index is 3.59. The molecule has 0 bridgehead atoms. The van der Waals surface area contributed by atoms with Crippen molar-refractivity contribution in [3.05, 3.63) is 24.6 Å². The maximum atomic E-state index is 4.90. The summed E-state index contributed by atoms with van der Waals surface area (Å²) in [5.41, 5.74) is 0. The first kappa shape index (κ1) is 11.1. The van der Waals surface area contributed by atoms with Gasteiger partial charge in [0.05, 0.1) is 7.11 Å². The lowest BCUT2D eigenvalue weighted by Crippen LogP contribution is -2.11. The van der Waals surface area contributed by atoms with E-state index in [2.05, 4.69) is 25.5 Å². The van der Waals surface area contributed by atoms with Gasteiger partial charge in [0.15, 0.2) is 0 Å². The van der Waals surface area contributed by atoms with Crippen molar-refractivity contribution in [2.45, 2.75) is 19.8 Å². The van der Waals surface area contributed by atoms with Crippen LogP contribution in [0, 0.1) is 0 Å². The standard InChI is InChI=1S/C10H19NO/c1-5-6-8-11(3)9-7-10(2)12-4/h7,9H,2,5-6,8H2,1,3-4H3/b9-7-. The van der Waals surface area contributed by atoms with Gasteiger partial charge in [0.25, 0.3) is 0 Å². The van der Waals surface area contributed by atoms with Crippen molar-refractivity contribution in [1.29, 1.82) is 0 Å². The van der Waals surface area contributed by atoms with E-state index in [9.17, 15) is 0 Å². The Hall–Kier alpha value is -0.920. The van der Waals surface area contributed by atoms with Gasteiger partial charge in [0.1, 0.15) is 5.76 Å².